The maximum Gasteiger partial charge on any atom is 0.326 e. The van der Waals surface area contributed by atoms with Gasteiger partial charge >= 0.3 is 10.2 Å². The molecule has 2 N–H and O–H groups in total. The molecule has 9 heteroatoms. The first-order valence-electron chi connectivity index (χ1n) is 10.7. The van der Waals surface area contributed by atoms with Gasteiger partial charge in [0.1, 0.15) is 24.6 Å². The zero-order chi connectivity index (χ0) is 23.6. The predicted octanol–water partition coefficient (Wildman–Crippen LogP) is 4.20. The minimum Gasteiger partial charge on any atom is -0.487 e. The van der Waals surface area contributed by atoms with Gasteiger partial charge in [-0.25, -0.2) is 13.4 Å². The SMILES string of the molecule is CC(C)CCNc1ccc2cc(OCc3ccccc3)c(N3CC(=O)NS3(=O)=O)c(F)c2c1. The Balaban J connectivity index is 1.76. The lowest BCUT2D eigenvalue weighted by Gasteiger charge is -2.21. The number of hydrogen-bond donors (Lipinski definition) is 2. The average Bonchev–Trinajstić information content (AvgIpc) is 3.04. The second-order valence-corrected chi connectivity index (χ2v) is 9.99. The number of nitrogens with zero attached hydrogens (tertiary/aromatic N) is 1. The molecule has 1 amide bonds. The summed E-state index contributed by atoms with van der Waals surface area (Å²) in [6.45, 7) is 4.57. The molecule has 1 heterocycles. The monoisotopic (exact) mass is 471 g/mol. The van der Waals surface area contributed by atoms with Gasteiger partial charge < -0.3 is 10.1 Å². The van der Waals surface area contributed by atoms with Crippen LogP contribution in [-0.4, -0.2) is 27.4 Å². The number of carbonyl (C=O) groups excluding carboxylic acids is 1. The lowest BCUT2D eigenvalue weighted by atomic mass is 10.1. The van der Waals surface area contributed by atoms with Crippen molar-refractivity contribution < 1.29 is 22.3 Å². The van der Waals surface area contributed by atoms with Crippen LogP contribution in [0.3, 0.4) is 0 Å². The molecule has 174 valence electrons. The van der Waals surface area contributed by atoms with E-state index in [1.807, 2.05) is 41.1 Å². The lowest BCUT2D eigenvalue weighted by Crippen LogP contribution is -2.30. The fourth-order valence-corrected chi connectivity index (χ4v) is 4.82. The molecule has 0 aliphatic carbocycles. The average molecular weight is 472 g/mol. The van der Waals surface area contributed by atoms with Crippen LogP contribution in [0.1, 0.15) is 25.8 Å². The lowest BCUT2D eigenvalue weighted by molar-refractivity contribution is -0.117. The Morgan fingerprint density at radius 2 is 1.91 bits per heavy atom. The molecule has 0 unspecified atom stereocenters. The molecule has 0 bridgehead atoms. The van der Waals surface area contributed by atoms with E-state index >= 15 is 4.39 Å². The van der Waals surface area contributed by atoms with E-state index in [1.165, 1.54) is 0 Å². The highest BCUT2D eigenvalue weighted by molar-refractivity contribution is 7.92. The number of amides is 1. The van der Waals surface area contributed by atoms with Gasteiger partial charge in [0, 0.05) is 17.6 Å². The summed E-state index contributed by atoms with van der Waals surface area (Å²) in [6.07, 6.45) is 0.956. The fourth-order valence-electron chi connectivity index (χ4n) is 3.66. The van der Waals surface area contributed by atoms with Crippen molar-refractivity contribution in [3.8, 4) is 5.75 Å². The molecule has 0 atom stereocenters. The van der Waals surface area contributed by atoms with Gasteiger partial charge in [-0.2, -0.15) is 8.42 Å². The van der Waals surface area contributed by atoms with Crippen LogP contribution in [0.25, 0.3) is 10.8 Å². The molecule has 0 aromatic heterocycles. The van der Waals surface area contributed by atoms with E-state index in [0.29, 0.717) is 11.3 Å². The minimum atomic E-state index is -4.22. The van der Waals surface area contributed by atoms with Crippen molar-refractivity contribution in [1.82, 2.24) is 4.72 Å². The summed E-state index contributed by atoms with van der Waals surface area (Å²) in [6, 6.07) is 16.1. The van der Waals surface area contributed by atoms with Gasteiger partial charge in [0.25, 0.3) is 5.91 Å². The Labute approximate surface area is 192 Å². The van der Waals surface area contributed by atoms with Gasteiger partial charge in [0.15, 0.2) is 5.82 Å². The van der Waals surface area contributed by atoms with Crippen molar-refractivity contribution >= 4 is 38.3 Å². The summed E-state index contributed by atoms with van der Waals surface area (Å²) < 4.78 is 49.4. The van der Waals surface area contributed by atoms with Crippen molar-refractivity contribution in [3.05, 3.63) is 66.0 Å². The van der Waals surface area contributed by atoms with Crippen molar-refractivity contribution in [2.45, 2.75) is 26.9 Å². The molecule has 0 radical (unpaired) electrons. The number of fused-ring (bicyclic) bond motifs is 1. The first kappa shape index (κ1) is 22.8. The van der Waals surface area contributed by atoms with Crippen LogP contribution in [-0.2, 0) is 21.6 Å². The van der Waals surface area contributed by atoms with Gasteiger partial charge in [-0.3, -0.25) is 4.79 Å². The van der Waals surface area contributed by atoms with Crippen molar-refractivity contribution in [2.75, 3.05) is 22.7 Å². The zero-order valence-electron chi connectivity index (χ0n) is 18.5. The Bertz CT molecular complexity index is 1280. The fraction of sp³-hybridized carbons (Fsp3) is 0.292. The number of nitrogens with one attached hydrogen (secondary N) is 2. The largest absolute Gasteiger partial charge is 0.487 e. The topological polar surface area (TPSA) is 87.7 Å². The summed E-state index contributed by atoms with van der Waals surface area (Å²) in [4.78, 5) is 11.8. The van der Waals surface area contributed by atoms with Crippen LogP contribution in [0.4, 0.5) is 15.8 Å². The number of carbonyl (C=O) groups is 1. The first-order valence-corrected chi connectivity index (χ1v) is 12.2. The van der Waals surface area contributed by atoms with Crippen LogP contribution in [0, 0.1) is 11.7 Å². The summed E-state index contributed by atoms with van der Waals surface area (Å²) in [5.74, 6) is -0.920. The summed E-state index contributed by atoms with van der Waals surface area (Å²) in [5.41, 5.74) is 1.28. The van der Waals surface area contributed by atoms with Crippen LogP contribution in [0.2, 0.25) is 0 Å². The molecule has 4 rings (SSSR count). The molecule has 3 aromatic rings. The standard InChI is InChI=1S/C24H26FN3O4S/c1-16(2)10-11-26-19-9-8-18-12-21(32-15-17-6-4-3-5-7-17)24(23(25)20(18)13-19)28-14-22(29)27-33(28,30)31/h3-9,12-13,16,26H,10-11,14-15H2,1-2H3,(H,27,29). The molecule has 1 aliphatic rings. The molecule has 0 saturated carbocycles. The van der Waals surface area contributed by atoms with E-state index in [4.69, 9.17) is 4.74 Å². The second kappa shape index (κ2) is 9.27. The van der Waals surface area contributed by atoms with E-state index in [-0.39, 0.29) is 23.4 Å². The third-order valence-electron chi connectivity index (χ3n) is 5.38. The quantitative estimate of drug-likeness (QED) is 0.514. The maximum absolute atomic E-state index is 15.9. The molecular weight excluding hydrogens is 445 g/mol. The number of hydrogen-bond acceptors (Lipinski definition) is 5. The first-order chi connectivity index (χ1) is 15.7. The number of anilines is 2. The highest BCUT2D eigenvalue weighted by Gasteiger charge is 2.38. The van der Waals surface area contributed by atoms with E-state index in [2.05, 4.69) is 19.2 Å². The third-order valence-corrected chi connectivity index (χ3v) is 6.75. The van der Waals surface area contributed by atoms with Gasteiger partial charge in [0.05, 0.1) is 0 Å². The summed E-state index contributed by atoms with van der Waals surface area (Å²) in [5, 5.41) is 4.07. The summed E-state index contributed by atoms with van der Waals surface area (Å²) >= 11 is 0. The van der Waals surface area contributed by atoms with Crippen molar-refractivity contribution in [2.24, 2.45) is 5.92 Å². The Hall–Kier alpha value is -3.33. The highest BCUT2D eigenvalue weighted by atomic mass is 32.2. The van der Waals surface area contributed by atoms with Gasteiger partial charge in [0.2, 0.25) is 0 Å². The molecule has 1 fully saturated rings. The number of rotatable bonds is 8. The van der Waals surface area contributed by atoms with Crippen LogP contribution in [0.15, 0.2) is 54.6 Å². The molecule has 7 nitrogen and oxygen atoms in total. The van der Waals surface area contributed by atoms with Gasteiger partial charge in [-0.1, -0.05) is 50.2 Å². The molecular formula is C24H26FN3O4S. The Morgan fingerprint density at radius 3 is 2.58 bits per heavy atom. The van der Waals surface area contributed by atoms with Crippen molar-refractivity contribution in [3.63, 3.8) is 0 Å². The smallest absolute Gasteiger partial charge is 0.326 e. The van der Waals surface area contributed by atoms with E-state index in [0.717, 1.165) is 28.5 Å². The Morgan fingerprint density at radius 1 is 1.15 bits per heavy atom. The molecule has 1 aliphatic heterocycles. The van der Waals surface area contributed by atoms with Crippen LogP contribution in [0.5, 0.6) is 5.75 Å². The molecule has 1 saturated heterocycles. The van der Waals surface area contributed by atoms with E-state index in [9.17, 15) is 13.2 Å². The number of halogens is 1. The van der Waals surface area contributed by atoms with E-state index in [1.54, 1.807) is 18.2 Å². The van der Waals surface area contributed by atoms with Crippen LogP contribution >= 0.6 is 0 Å². The molecule has 0 spiro atoms. The number of ether oxygens (including phenoxy) is 1. The van der Waals surface area contributed by atoms with Crippen molar-refractivity contribution in [1.29, 1.82) is 0 Å². The normalized spacial score (nSPS) is 15.2. The minimum absolute atomic E-state index is 0.0458. The Kier molecular flexibility index (Phi) is 6.42. The number of benzene rings is 3. The summed E-state index contributed by atoms with van der Waals surface area (Å²) in [7, 11) is -4.22. The maximum atomic E-state index is 15.9. The third kappa shape index (κ3) is 5.03. The van der Waals surface area contributed by atoms with Gasteiger partial charge in [-0.15, -0.1) is 0 Å². The van der Waals surface area contributed by atoms with Crippen LogP contribution < -0.4 is 19.1 Å². The van der Waals surface area contributed by atoms with Gasteiger partial charge in [-0.05, 0) is 41.5 Å². The molecule has 33 heavy (non-hydrogen) atoms. The van der Waals surface area contributed by atoms with E-state index < -0.39 is 28.5 Å². The molecule has 3 aromatic carbocycles. The predicted molar refractivity (Wildman–Crippen MR) is 127 cm³/mol. The highest BCUT2D eigenvalue weighted by Crippen LogP contribution is 2.40. The second-order valence-electron chi connectivity index (χ2n) is 8.39. The zero-order valence-corrected chi connectivity index (χ0v) is 19.3.